The maximum Gasteiger partial charge on any atom is 0.321 e. The predicted molar refractivity (Wildman–Crippen MR) is 104 cm³/mol. The average molecular weight is 404 g/mol. The number of rotatable bonds is 7. The molecule has 9 heteroatoms. The predicted octanol–water partition coefficient (Wildman–Crippen LogP) is 1.57. The molecule has 2 heterocycles. The molecule has 2 aromatic rings. The van der Waals surface area contributed by atoms with Gasteiger partial charge in [-0.25, -0.2) is 9.18 Å². The Balaban J connectivity index is 1.38. The molecule has 0 aliphatic carbocycles. The van der Waals surface area contributed by atoms with Gasteiger partial charge in [-0.05, 0) is 30.3 Å². The number of hydrogen-bond donors (Lipinski definition) is 2. The first-order chi connectivity index (χ1) is 14.0. The van der Waals surface area contributed by atoms with E-state index in [0.29, 0.717) is 31.1 Å². The molecule has 1 fully saturated rings. The average Bonchev–Trinajstić information content (AvgIpc) is 3.22. The van der Waals surface area contributed by atoms with E-state index in [1.807, 2.05) is 4.90 Å². The van der Waals surface area contributed by atoms with Crippen LogP contribution < -0.4 is 15.4 Å². The van der Waals surface area contributed by atoms with Crippen molar-refractivity contribution in [3.05, 3.63) is 53.7 Å². The lowest BCUT2D eigenvalue weighted by atomic mass is 10.1. The summed E-state index contributed by atoms with van der Waals surface area (Å²) in [5, 5.41) is 4.89. The Bertz CT molecular complexity index is 820. The van der Waals surface area contributed by atoms with Gasteiger partial charge in [0, 0.05) is 38.3 Å². The van der Waals surface area contributed by atoms with Gasteiger partial charge >= 0.3 is 6.03 Å². The zero-order chi connectivity index (χ0) is 20.6. The number of carbonyl (C=O) groups excluding carboxylic acids is 2. The van der Waals surface area contributed by atoms with E-state index in [1.54, 1.807) is 25.3 Å². The van der Waals surface area contributed by atoms with Gasteiger partial charge in [0.25, 0.3) is 0 Å². The van der Waals surface area contributed by atoms with Gasteiger partial charge in [0.15, 0.2) is 0 Å². The van der Waals surface area contributed by atoms with E-state index in [1.165, 1.54) is 18.4 Å². The van der Waals surface area contributed by atoms with Crippen molar-refractivity contribution in [2.24, 2.45) is 0 Å². The molecule has 0 unspecified atom stereocenters. The molecule has 0 spiro atoms. The maximum atomic E-state index is 13.5. The van der Waals surface area contributed by atoms with E-state index in [0.717, 1.165) is 18.7 Å². The standard InChI is InChI=1S/C20H25FN4O4/c1-28-18-5-4-16(21)11-15(18)13-24-6-8-25(9-7-24)14-19(26)23-20(27)22-12-17-3-2-10-29-17/h2-5,10-11H,6-9,12-14H2,1H3,(H2,22,23,26,27). The Morgan fingerprint density at radius 1 is 1.17 bits per heavy atom. The molecule has 0 atom stereocenters. The van der Waals surface area contributed by atoms with Gasteiger partial charge in [-0.2, -0.15) is 0 Å². The summed E-state index contributed by atoms with van der Waals surface area (Å²) in [6, 6.07) is 7.40. The van der Waals surface area contributed by atoms with E-state index in [2.05, 4.69) is 15.5 Å². The van der Waals surface area contributed by atoms with Crippen molar-refractivity contribution in [2.75, 3.05) is 39.8 Å². The third-order valence-corrected chi connectivity index (χ3v) is 4.72. The fourth-order valence-corrected chi connectivity index (χ4v) is 3.21. The van der Waals surface area contributed by atoms with Gasteiger partial charge in [-0.1, -0.05) is 0 Å². The highest BCUT2D eigenvalue weighted by Gasteiger charge is 2.21. The van der Waals surface area contributed by atoms with E-state index in [9.17, 15) is 14.0 Å². The first-order valence-electron chi connectivity index (χ1n) is 9.40. The van der Waals surface area contributed by atoms with Gasteiger partial charge in [0.1, 0.15) is 17.3 Å². The van der Waals surface area contributed by atoms with Crippen molar-refractivity contribution in [1.29, 1.82) is 0 Å². The minimum atomic E-state index is -0.553. The molecule has 1 aromatic carbocycles. The smallest absolute Gasteiger partial charge is 0.321 e. The van der Waals surface area contributed by atoms with E-state index >= 15 is 0 Å². The summed E-state index contributed by atoms with van der Waals surface area (Å²) in [7, 11) is 1.57. The van der Waals surface area contributed by atoms with Crippen LogP contribution in [0.1, 0.15) is 11.3 Å². The number of benzene rings is 1. The SMILES string of the molecule is COc1ccc(F)cc1CN1CCN(CC(=O)NC(=O)NCc2ccco2)CC1. The van der Waals surface area contributed by atoms with Gasteiger partial charge < -0.3 is 14.5 Å². The lowest BCUT2D eigenvalue weighted by Gasteiger charge is -2.34. The number of nitrogens with zero attached hydrogens (tertiary/aromatic N) is 2. The van der Waals surface area contributed by atoms with E-state index < -0.39 is 6.03 Å². The van der Waals surface area contributed by atoms with Crippen LogP contribution in [0.3, 0.4) is 0 Å². The number of nitrogens with one attached hydrogen (secondary N) is 2. The Labute approximate surface area is 168 Å². The van der Waals surface area contributed by atoms with Crippen molar-refractivity contribution < 1.29 is 23.1 Å². The number of methoxy groups -OCH3 is 1. The van der Waals surface area contributed by atoms with E-state index in [4.69, 9.17) is 9.15 Å². The highest BCUT2D eigenvalue weighted by molar-refractivity contribution is 5.95. The van der Waals surface area contributed by atoms with Crippen molar-refractivity contribution in [2.45, 2.75) is 13.1 Å². The molecule has 1 aromatic heterocycles. The molecule has 3 amide bonds. The van der Waals surface area contributed by atoms with Gasteiger partial charge in [0.05, 0.1) is 26.5 Å². The highest BCUT2D eigenvalue weighted by Crippen LogP contribution is 2.21. The Hall–Kier alpha value is -2.91. The molecule has 1 aliphatic heterocycles. The van der Waals surface area contributed by atoms with Crippen LogP contribution >= 0.6 is 0 Å². The molecule has 156 valence electrons. The molecular weight excluding hydrogens is 379 g/mol. The molecule has 8 nitrogen and oxygen atoms in total. The Morgan fingerprint density at radius 2 is 1.93 bits per heavy atom. The molecule has 0 bridgehead atoms. The summed E-state index contributed by atoms with van der Waals surface area (Å²) in [5.74, 6) is 0.621. The second-order valence-corrected chi connectivity index (χ2v) is 6.82. The van der Waals surface area contributed by atoms with Gasteiger partial charge in [-0.3, -0.25) is 19.9 Å². The maximum absolute atomic E-state index is 13.5. The quantitative estimate of drug-likeness (QED) is 0.729. The minimum absolute atomic E-state index is 0.144. The fraction of sp³-hybridized carbons (Fsp3) is 0.400. The number of amides is 3. The Morgan fingerprint density at radius 3 is 2.62 bits per heavy atom. The number of ether oxygens (including phenoxy) is 1. The molecule has 0 saturated carbocycles. The first-order valence-corrected chi connectivity index (χ1v) is 9.40. The van der Waals surface area contributed by atoms with Crippen LogP contribution in [0.15, 0.2) is 41.0 Å². The largest absolute Gasteiger partial charge is 0.496 e. The van der Waals surface area contributed by atoms with Crippen LogP contribution in [0.5, 0.6) is 5.75 Å². The molecular formula is C20H25FN4O4. The van der Waals surface area contributed by atoms with Crippen molar-refractivity contribution >= 4 is 11.9 Å². The number of piperazine rings is 1. The molecule has 3 rings (SSSR count). The summed E-state index contributed by atoms with van der Waals surface area (Å²) in [4.78, 5) is 28.0. The molecule has 0 radical (unpaired) electrons. The fourth-order valence-electron chi connectivity index (χ4n) is 3.21. The topological polar surface area (TPSA) is 87.0 Å². The number of carbonyl (C=O) groups is 2. The third-order valence-electron chi connectivity index (χ3n) is 4.72. The van der Waals surface area contributed by atoms with Crippen LogP contribution in [0.2, 0.25) is 0 Å². The van der Waals surface area contributed by atoms with Crippen LogP contribution in [-0.2, 0) is 17.9 Å². The second kappa shape index (κ2) is 10.0. The summed E-state index contributed by atoms with van der Waals surface area (Å²) in [5.41, 5.74) is 0.798. The molecule has 1 aliphatic rings. The lowest BCUT2D eigenvalue weighted by Crippen LogP contribution is -2.50. The number of furan rings is 1. The van der Waals surface area contributed by atoms with Gasteiger partial charge in [0.2, 0.25) is 5.91 Å². The van der Waals surface area contributed by atoms with Gasteiger partial charge in [-0.15, -0.1) is 0 Å². The molecule has 2 N–H and O–H groups in total. The highest BCUT2D eigenvalue weighted by atomic mass is 19.1. The van der Waals surface area contributed by atoms with Crippen LogP contribution in [0.25, 0.3) is 0 Å². The van der Waals surface area contributed by atoms with Crippen molar-refractivity contribution in [3.63, 3.8) is 0 Å². The van der Waals surface area contributed by atoms with Crippen molar-refractivity contribution in [1.82, 2.24) is 20.4 Å². The van der Waals surface area contributed by atoms with E-state index in [-0.39, 0.29) is 24.8 Å². The first kappa shape index (κ1) is 20.8. The van der Waals surface area contributed by atoms with Crippen LogP contribution in [-0.4, -0.2) is 61.6 Å². The zero-order valence-corrected chi connectivity index (χ0v) is 16.3. The van der Waals surface area contributed by atoms with Crippen molar-refractivity contribution in [3.8, 4) is 5.75 Å². The number of imide groups is 1. The summed E-state index contributed by atoms with van der Waals surface area (Å²) < 4.78 is 23.9. The summed E-state index contributed by atoms with van der Waals surface area (Å²) in [6.45, 7) is 3.77. The normalized spacial score (nSPS) is 15.1. The number of halogens is 1. The molecule has 29 heavy (non-hydrogen) atoms. The third kappa shape index (κ3) is 6.30. The molecule has 1 saturated heterocycles. The summed E-state index contributed by atoms with van der Waals surface area (Å²) >= 11 is 0. The monoisotopic (exact) mass is 404 g/mol. The number of hydrogen-bond acceptors (Lipinski definition) is 6. The number of urea groups is 1. The second-order valence-electron chi connectivity index (χ2n) is 6.82. The van der Waals surface area contributed by atoms with Crippen LogP contribution in [0, 0.1) is 5.82 Å². The van der Waals surface area contributed by atoms with Crippen LogP contribution in [0.4, 0.5) is 9.18 Å². The minimum Gasteiger partial charge on any atom is -0.496 e. The lowest BCUT2D eigenvalue weighted by molar-refractivity contribution is -0.121. The Kier molecular flexibility index (Phi) is 7.20. The zero-order valence-electron chi connectivity index (χ0n) is 16.3. The summed E-state index contributed by atoms with van der Waals surface area (Å²) in [6.07, 6.45) is 1.52.